The average molecular weight is 520 g/mol. The minimum absolute atomic E-state index is 0.221. The number of ether oxygens (including phenoxy) is 2. The Balaban J connectivity index is 1.72. The third kappa shape index (κ3) is 5.39. The van der Waals surface area contributed by atoms with Crippen molar-refractivity contribution in [1.29, 1.82) is 0 Å². The molecule has 0 aliphatic heterocycles. The van der Waals surface area contributed by atoms with Crippen LogP contribution in [0.15, 0.2) is 35.1 Å². The van der Waals surface area contributed by atoms with E-state index < -0.39 is 0 Å². The monoisotopic (exact) mass is 519 g/mol. The Bertz CT molecular complexity index is 1570. The summed E-state index contributed by atoms with van der Waals surface area (Å²) in [5.74, 6) is 2.04. The minimum Gasteiger partial charge on any atom is -0.507 e. The average Bonchev–Trinajstić information content (AvgIpc) is 3.35. The van der Waals surface area contributed by atoms with Crippen molar-refractivity contribution >= 4 is 34.5 Å². The molecule has 4 rings (SSSR count). The van der Waals surface area contributed by atoms with E-state index >= 15 is 0 Å². The lowest BCUT2D eigenvalue weighted by Gasteiger charge is -2.27. The van der Waals surface area contributed by atoms with Crippen LogP contribution in [-0.4, -0.2) is 33.9 Å². The van der Waals surface area contributed by atoms with E-state index in [1.807, 2.05) is 42.5 Å². The highest BCUT2D eigenvalue weighted by Gasteiger charge is 2.26. The number of thiazole rings is 1. The van der Waals surface area contributed by atoms with Gasteiger partial charge in [0.25, 0.3) is 5.56 Å². The lowest BCUT2D eigenvalue weighted by molar-refractivity contribution is 0.355. The zero-order chi connectivity index (χ0) is 27.1. The van der Waals surface area contributed by atoms with Gasteiger partial charge in [-0.2, -0.15) is 9.50 Å². The van der Waals surface area contributed by atoms with Gasteiger partial charge < -0.3 is 14.6 Å². The smallest absolute Gasteiger partial charge is 0.291 e. The first kappa shape index (κ1) is 26.4. The van der Waals surface area contributed by atoms with Crippen molar-refractivity contribution in [1.82, 2.24) is 14.6 Å². The van der Waals surface area contributed by atoms with Crippen LogP contribution in [0.3, 0.4) is 0 Å². The van der Waals surface area contributed by atoms with Gasteiger partial charge in [-0.05, 0) is 58.4 Å². The molecule has 1 N–H and O–H groups in total. The summed E-state index contributed by atoms with van der Waals surface area (Å²) >= 11 is 1.29. The molecule has 0 unspecified atom stereocenters. The molecule has 0 aliphatic carbocycles. The van der Waals surface area contributed by atoms with Crippen LogP contribution in [0.1, 0.15) is 69.6 Å². The van der Waals surface area contributed by atoms with Gasteiger partial charge in [0, 0.05) is 11.1 Å². The number of hydrogen-bond acceptors (Lipinski definition) is 7. The molecule has 0 saturated heterocycles. The Morgan fingerprint density at radius 1 is 0.892 bits per heavy atom. The van der Waals surface area contributed by atoms with Gasteiger partial charge in [0.2, 0.25) is 4.96 Å². The van der Waals surface area contributed by atoms with E-state index in [0.29, 0.717) is 32.6 Å². The third-order valence-corrected chi connectivity index (χ3v) is 7.04. The molecule has 37 heavy (non-hydrogen) atoms. The Kier molecular flexibility index (Phi) is 6.90. The van der Waals surface area contributed by atoms with Crippen molar-refractivity contribution < 1.29 is 14.6 Å². The van der Waals surface area contributed by atoms with E-state index in [-0.39, 0.29) is 16.4 Å². The van der Waals surface area contributed by atoms with E-state index in [1.165, 1.54) is 15.9 Å². The van der Waals surface area contributed by atoms with Gasteiger partial charge in [0.05, 0.1) is 18.8 Å². The fourth-order valence-corrected chi connectivity index (χ4v) is 5.00. The molecule has 0 radical (unpaired) electrons. The van der Waals surface area contributed by atoms with E-state index in [0.717, 1.165) is 22.3 Å². The molecule has 8 heteroatoms. The Hall–Kier alpha value is -3.65. The van der Waals surface area contributed by atoms with E-state index in [9.17, 15) is 9.90 Å². The molecular weight excluding hydrogens is 486 g/mol. The highest BCUT2D eigenvalue weighted by molar-refractivity contribution is 7.15. The number of phenols is 1. The Morgan fingerprint density at radius 3 is 2.05 bits per heavy atom. The van der Waals surface area contributed by atoms with E-state index in [2.05, 4.69) is 51.6 Å². The summed E-state index contributed by atoms with van der Waals surface area (Å²) in [6.07, 6.45) is 5.47. The van der Waals surface area contributed by atoms with Gasteiger partial charge in [0.15, 0.2) is 17.3 Å². The number of rotatable bonds is 5. The van der Waals surface area contributed by atoms with Crippen molar-refractivity contribution in [2.45, 2.75) is 52.4 Å². The number of benzene rings is 2. The van der Waals surface area contributed by atoms with Crippen molar-refractivity contribution in [3.05, 3.63) is 73.3 Å². The fraction of sp³-hybridized carbons (Fsp3) is 0.345. The maximum absolute atomic E-state index is 13.1. The molecule has 0 spiro atoms. The predicted molar refractivity (Wildman–Crippen MR) is 150 cm³/mol. The highest BCUT2D eigenvalue weighted by Crippen LogP contribution is 2.40. The summed E-state index contributed by atoms with van der Waals surface area (Å²) in [5.41, 5.74) is 2.72. The summed E-state index contributed by atoms with van der Waals surface area (Å²) in [4.78, 5) is 18.2. The molecule has 0 fully saturated rings. The summed E-state index contributed by atoms with van der Waals surface area (Å²) in [5, 5.41) is 15.4. The molecule has 7 nitrogen and oxygen atoms in total. The van der Waals surface area contributed by atoms with Gasteiger partial charge in [0.1, 0.15) is 5.75 Å². The molecule has 4 aromatic rings. The molecule has 0 amide bonds. The first-order valence-electron chi connectivity index (χ1n) is 12.0. The molecule has 0 saturated carbocycles. The molecule has 2 heterocycles. The van der Waals surface area contributed by atoms with E-state index in [1.54, 1.807) is 20.3 Å². The lowest BCUT2D eigenvalue weighted by atomic mass is 9.78. The first-order chi connectivity index (χ1) is 17.3. The molecule has 0 bridgehead atoms. The number of phenolic OH excluding ortho intramolecular Hbond substituents is 1. The number of nitrogens with zero attached hydrogens (tertiary/aromatic N) is 3. The minimum atomic E-state index is -0.255. The molecular formula is C29H33N3O4S. The topological polar surface area (TPSA) is 86.0 Å². The summed E-state index contributed by atoms with van der Waals surface area (Å²) in [6, 6.07) is 9.50. The zero-order valence-electron chi connectivity index (χ0n) is 22.5. The summed E-state index contributed by atoms with van der Waals surface area (Å²) < 4.78 is 12.5. The first-order valence-corrected chi connectivity index (χ1v) is 12.8. The van der Waals surface area contributed by atoms with Crippen LogP contribution in [0.4, 0.5) is 0 Å². The Morgan fingerprint density at radius 2 is 1.51 bits per heavy atom. The predicted octanol–water partition coefficient (Wildman–Crippen LogP) is 5.19. The van der Waals surface area contributed by atoms with Crippen LogP contribution in [0, 0.1) is 0 Å². The van der Waals surface area contributed by atoms with Crippen LogP contribution in [0.25, 0.3) is 23.2 Å². The van der Waals surface area contributed by atoms with Gasteiger partial charge in [-0.1, -0.05) is 65.0 Å². The van der Waals surface area contributed by atoms with Gasteiger partial charge in [-0.25, -0.2) is 0 Å². The van der Waals surface area contributed by atoms with Crippen LogP contribution in [0.5, 0.6) is 17.2 Å². The molecule has 0 atom stereocenters. The number of aromatic nitrogens is 3. The van der Waals surface area contributed by atoms with E-state index in [4.69, 9.17) is 9.47 Å². The number of hydrogen-bond donors (Lipinski definition) is 1. The SMILES string of the molecule is COc1ccc(/C=C/c2nc3s/c(=C\c4cc(C(C)(C)C)c(O)c(C(C)(C)C)c4)c(=O)n3n2)cc1OC. The van der Waals surface area contributed by atoms with Gasteiger partial charge in [-0.3, -0.25) is 4.79 Å². The maximum Gasteiger partial charge on any atom is 0.291 e. The van der Waals surface area contributed by atoms with Crippen LogP contribution in [-0.2, 0) is 10.8 Å². The Labute approximate surface area is 220 Å². The van der Waals surface area contributed by atoms with Crippen molar-refractivity contribution in [3.8, 4) is 17.2 Å². The lowest BCUT2D eigenvalue weighted by Crippen LogP contribution is -2.24. The molecule has 194 valence electrons. The van der Waals surface area contributed by atoms with Crippen molar-refractivity contribution in [2.24, 2.45) is 0 Å². The van der Waals surface area contributed by atoms with Crippen molar-refractivity contribution in [2.75, 3.05) is 14.2 Å². The number of fused-ring (bicyclic) bond motifs is 1. The second kappa shape index (κ2) is 9.67. The molecule has 0 aliphatic rings. The zero-order valence-corrected chi connectivity index (χ0v) is 23.4. The highest BCUT2D eigenvalue weighted by atomic mass is 32.1. The normalized spacial score (nSPS) is 13.1. The van der Waals surface area contributed by atoms with Crippen LogP contribution < -0.4 is 19.6 Å². The quantitative estimate of drug-likeness (QED) is 0.391. The van der Waals surface area contributed by atoms with Crippen LogP contribution >= 0.6 is 11.3 Å². The molecule has 2 aromatic heterocycles. The van der Waals surface area contributed by atoms with Crippen LogP contribution in [0.2, 0.25) is 0 Å². The van der Waals surface area contributed by atoms with Gasteiger partial charge >= 0.3 is 0 Å². The fourth-order valence-electron chi connectivity index (χ4n) is 4.08. The van der Waals surface area contributed by atoms with Gasteiger partial charge in [-0.15, -0.1) is 5.10 Å². The summed E-state index contributed by atoms with van der Waals surface area (Å²) in [6.45, 7) is 12.4. The largest absolute Gasteiger partial charge is 0.507 e. The third-order valence-electron chi connectivity index (χ3n) is 6.08. The second-order valence-electron chi connectivity index (χ2n) is 11.0. The second-order valence-corrected chi connectivity index (χ2v) is 12.0. The van der Waals surface area contributed by atoms with Crippen molar-refractivity contribution in [3.63, 3.8) is 0 Å². The summed E-state index contributed by atoms with van der Waals surface area (Å²) in [7, 11) is 3.18. The maximum atomic E-state index is 13.1. The standard InChI is InChI=1S/C29H33N3O4S/c1-28(2,3)19-13-18(14-20(25(19)33)29(4,5)6)16-23-26(34)32-27(37-23)30-24(31-32)12-10-17-9-11-21(35-7)22(15-17)36-8/h9-16,33H,1-8H3/b12-10+,23-16-. The molecule has 2 aromatic carbocycles. The number of methoxy groups -OCH3 is 2. The number of aromatic hydroxyl groups is 1.